The second-order valence-electron chi connectivity index (χ2n) is 4.91. The molecule has 0 fully saturated rings. The highest BCUT2D eigenvalue weighted by molar-refractivity contribution is 7.89. The largest absolute Gasteiger partial charge is 0.326 e. The minimum atomic E-state index is -3.49. The number of nitrogens with one attached hydrogen (secondary N) is 2. The molecular weight excluding hydrogens is 319 g/mol. The van der Waals surface area contributed by atoms with Crippen LogP contribution in [0.3, 0.4) is 0 Å². The molecule has 5 nitrogen and oxygen atoms in total. The van der Waals surface area contributed by atoms with Gasteiger partial charge in [-0.3, -0.25) is 4.79 Å². The molecule has 0 aliphatic heterocycles. The minimum Gasteiger partial charge on any atom is -0.326 e. The van der Waals surface area contributed by atoms with E-state index in [4.69, 9.17) is 0 Å². The zero-order valence-electron chi connectivity index (χ0n) is 12.5. The molecule has 23 heavy (non-hydrogen) atoms. The van der Waals surface area contributed by atoms with Crippen molar-refractivity contribution in [2.75, 3.05) is 12.4 Å². The summed E-state index contributed by atoms with van der Waals surface area (Å²) in [5.74, 6) is -0.506. The monoisotopic (exact) mass is 336 g/mol. The maximum absolute atomic E-state index is 12.8. The van der Waals surface area contributed by atoms with Crippen molar-refractivity contribution >= 4 is 21.6 Å². The smallest absolute Gasteiger partial charge is 0.240 e. The van der Waals surface area contributed by atoms with Gasteiger partial charge in [-0.05, 0) is 55.4 Å². The van der Waals surface area contributed by atoms with E-state index in [1.165, 1.54) is 43.4 Å². The molecule has 122 valence electrons. The minimum absolute atomic E-state index is 0.129. The number of amides is 1. The Labute approximate surface area is 134 Å². The number of hydrogen-bond acceptors (Lipinski definition) is 3. The van der Waals surface area contributed by atoms with E-state index in [1.54, 1.807) is 12.1 Å². The van der Waals surface area contributed by atoms with Crippen molar-refractivity contribution in [3.8, 4) is 0 Å². The first-order valence-corrected chi connectivity index (χ1v) is 8.47. The molecule has 0 atom stereocenters. The Balaban J connectivity index is 1.91. The summed E-state index contributed by atoms with van der Waals surface area (Å²) in [6.07, 6.45) is 0.751. The van der Waals surface area contributed by atoms with E-state index in [1.807, 2.05) is 0 Å². The maximum atomic E-state index is 12.8. The number of hydrogen-bond donors (Lipinski definition) is 2. The SMILES string of the molecule is CNS(=O)(=O)c1ccc(NC(=O)CCc2ccc(F)cc2)cc1. The van der Waals surface area contributed by atoms with Gasteiger partial charge in [0.05, 0.1) is 4.90 Å². The van der Waals surface area contributed by atoms with Crippen LogP contribution in [-0.4, -0.2) is 21.4 Å². The second kappa shape index (κ2) is 7.34. The van der Waals surface area contributed by atoms with E-state index in [-0.39, 0.29) is 23.0 Å². The van der Waals surface area contributed by atoms with Crippen molar-refractivity contribution < 1.29 is 17.6 Å². The zero-order chi connectivity index (χ0) is 16.9. The Hall–Kier alpha value is -2.25. The first-order valence-electron chi connectivity index (χ1n) is 6.98. The summed E-state index contributed by atoms with van der Waals surface area (Å²) in [4.78, 5) is 12.0. The van der Waals surface area contributed by atoms with E-state index < -0.39 is 10.0 Å². The van der Waals surface area contributed by atoms with Crippen LogP contribution in [0, 0.1) is 5.82 Å². The molecule has 2 aromatic rings. The summed E-state index contributed by atoms with van der Waals surface area (Å²) < 4.78 is 38.2. The Morgan fingerprint density at radius 2 is 1.65 bits per heavy atom. The average Bonchev–Trinajstić information content (AvgIpc) is 2.55. The van der Waals surface area contributed by atoms with Crippen LogP contribution in [0.4, 0.5) is 10.1 Å². The highest BCUT2D eigenvalue weighted by Crippen LogP contribution is 2.14. The molecule has 0 aromatic heterocycles. The lowest BCUT2D eigenvalue weighted by molar-refractivity contribution is -0.116. The summed E-state index contributed by atoms with van der Waals surface area (Å²) in [5, 5.41) is 2.69. The van der Waals surface area contributed by atoms with Gasteiger partial charge in [0, 0.05) is 12.1 Å². The van der Waals surface area contributed by atoms with Gasteiger partial charge in [0.2, 0.25) is 15.9 Å². The van der Waals surface area contributed by atoms with Gasteiger partial charge in [0.15, 0.2) is 0 Å². The fourth-order valence-electron chi connectivity index (χ4n) is 1.97. The second-order valence-corrected chi connectivity index (χ2v) is 6.79. The molecule has 1 amide bonds. The predicted octanol–water partition coefficient (Wildman–Crippen LogP) is 2.31. The van der Waals surface area contributed by atoms with Crippen LogP contribution >= 0.6 is 0 Å². The molecule has 0 aliphatic carbocycles. The molecule has 0 aliphatic rings. The summed E-state index contributed by atoms with van der Waals surface area (Å²) in [5.41, 5.74) is 1.39. The van der Waals surface area contributed by atoms with Crippen LogP contribution in [0.5, 0.6) is 0 Å². The average molecular weight is 336 g/mol. The molecule has 2 N–H and O–H groups in total. The van der Waals surface area contributed by atoms with Crippen molar-refractivity contribution in [3.63, 3.8) is 0 Å². The number of carbonyl (C=O) groups is 1. The maximum Gasteiger partial charge on any atom is 0.240 e. The van der Waals surface area contributed by atoms with Gasteiger partial charge in [0.25, 0.3) is 0 Å². The molecule has 0 bridgehead atoms. The lowest BCUT2D eigenvalue weighted by Crippen LogP contribution is -2.18. The van der Waals surface area contributed by atoms with Crippen LogP contribution in [0.2, 0.25) is 0 Å². The van der Waals surface area contributed by atoms with Crippen LogP contribution in [0.15, 0.2) is 53.4 Å². The molecule has 2 aromatic carbocycles. The van der Waals surface area contributed by atoms with Crippen molar-refractivity contribution in [2.45, 2.75) is 17.7 Å². The van der Waals surface area contributed by atoms with Crippen LogP contribution in [0.25, 0.3) is 0 Å². The van der Waals surface area contributed by atoms with E-state index in [0.717, 1.165) is 5.56 Å². The van der Waals surface area contributed by atoms with E-state index in [9.17, 15) is 17.6 Å². The van der Waals surface area contributed by atoms with Gasteiger partial charge in [0.1, 0.15) is 5.82 Å². The number of aryl methyl sites for hydroxylation is 1. The third-order valence-corrected chi connectivity index (χ3v) is 4.70. The standard InChI is InChI=1S/C16H17FN2O3S/c1-18-23(21,22)15-9-7-14(8-10-15)19-16(20)11-4-12-2-5-13(17)6-3-12/h2-3,5-10,18H,4,11H2,1H3,(H,19,20). The third-order valence-electron chi connectivity index (χ3n) is 3.27. The van der Waals surface area contributed by atoms with Gasteiger partial charge in [-0.25, -0.2) is 17.5 Å². The lowest BCUT2D eigenvalue weighted by atomic mass is 10.1. The van der Waals surface area contributed by atoms with Gasteiger partial charge >= 0.3 is 0 Å². The van der Waals surface area contributed by atoms with Crippen molar-refractivity contribution in [2.24, 2.45) is 0 Å². The number of benzene rings is 2. The topological polar surface area (TPSA) is 75.3 Å². The number of sulfonamides is 1. The highest BCUT2D eigenvalue weighted by atomic mass is 32.2. The molecule has 0 saturated heterocycles. The number of carbonyl (C=O) groups excluding carboxylic acids is 1. The molecule has 0 heterocycles. The van der Waals surface area contributed by atoms with Gasteiger partial charge < -0.3 is 5.32 Å². The van der Waals surface area contributed by atoms with Crippen LogP contribution in [0.1, 0.15) is 12.0 Å². The molecule has 0 saturated carbocycles. The first-order chi connectivity index (χ1) is 10.9. The fraction of sp³-hybridized carbons (Fsp3) is 0.188. The molecule has 0 radical (unpaired) electrons. The van der Waals surface area contributed by atoms with E-state index in [0.29, 0.717) is 12.1 Å². The van der Waals surface area contributed by atoms with Gasteiger partial charge in [-0.15, -0.1) is 0 Å². The lowest BCUT2D eigenvalue weighted by Gasteiger charge is -2.07. The quantitative estimate of drug-likeness (QED) is 0.850. The molecule has 2 rings (SSSR count). The Morgan fingerprint density at radius 3 is 2.22 bits per heavy atom. The number of anilines is 1. The summed E-state index contributed by atoms with van der Waals surface area (Å²) in [6.45, 7) is 0. The Kier molecular flexibility index (Phi) is 5.46. The van der Waals surface area contributed by atoms with E-state index >= 15 is 0 Å². The summed E-state index contributed by atoms with van der Waals surface area (Å²) >= 11 is 0. The molecule has 0 spiro atoms. The fourth-order valence-corrected chi connectivity index (χ4v) is 2.70. The van der Waals surface area contributed by atoms with E-state index in [2.05, 4.69) is 10.0 Å². The normalized spacial score (nSPS) is 11.2. The molecule has 0 unspecified atom stereocenters. The zero-order valence-corrected chi connectivity index (χ0v) is 13.4. The Bertz CT molecular complexity index is 772. The van der Waals surface area contributed by atoms with Gasteiger partial charge in [-0.2, -0.15) is 0 Å². The molecule has 7 heteroatoms. The summed E-state index contributed by atoms with van der Waals surface area (Å²) in [6, 6.07) is 11.9. The van der Waals surface area contributed by atoms with Crippen LogP contribution < -0.4 is 10.0 Å². The molecular formula is C16H17FN2O3S. The third kappa shape index (κ3) is 4.87. The number of rotatable bonds is 6. The van der Waals surface area contributed by atoms with Crippen molar-refractivity contribution in [1.29, 1.82) is 0 Å². The summed E-state index contributed by atoms with van der Waals surface area (Å²) in [7, 11) is -2.15. The van der Waals surface area contributed by atoms with Crippen LogP contribution in [-0.2, 0) is 21.2 Å². The predicted molar refractivity (Wildman–Crippen MR) is 86.0 cm³/mol. The Morgan fingerprint density at radius 1 is 1.04 bits per heavy atom. The van der Waals surface area contributed by atoms with Crippen molar-refractivity contribution in [3.05, 3.63) is 59.9 Å². The van der Waals surface area contributed by atoms with Gasteiger partial charge in [-0.1, -0.05) is 12.1 Å². The first kappa shape index (κ1) is 17.1. The number of halogens is 1. The highest BCUT2D eigenvalue weighted by Gasteiger charge is 2.11. The van der Waals surface area contributed by atoms with Crippen molar-refractivity contribution in [1.82, 2.24) is 4.72 Å².